The molecule has 0 heterocycles. The summed E-state index contributed by atoms with van der Waals surface area (Å²) in [6, 6.07) is 0. The predicted molar refractivity (Wildman–Crippen MR) is 38.4 cm³/mol. The second-order valence-electron chi connectivity index (χ2n) is 3.28. The van der Waals surface area contributed by atoms with E-state index in [-0.39, 0.29) is 0 Å². The van der Waals surface area contributed by atoms with Crippen molar-refractivity contribution in [3.05, 3.63) is 0 Å². The molecule has 0 radical (unpaired) electrons. The summed E-state index contributed by atoms with van der Waals surface area (Å²) in [6.45, 7) is 6.46. The first-order chi connectivity index (χ1) is 4.20. The van der Waals surface area contributed by atoms with Gasteiger partial charge in [0.25, 0.3) is 0 Å². The van der Waals surface area contributed by atoms with Crippen molar-refractivity contribution in [2.45, 2.75) is 45.8 Å². The first-order valence-electron chi connectivity index (χ1n) is 3.85. The Morgan fingerprint density at radius 1 is 1.33 bits per heavy atom. The Balaban J connectivity index is 2.13. The van der Waals surface area contributed by atoms with E-state index in [4.69, 9.17) is 4.74 Å². The number of hydrogen-bond donors (Lipinski definition) is 0. The molecule has 0 aromatic heterocycles. The largest absolute Gasteiger partial charge is 0.375 e. The van der Waals surface area contributed by atoms with Crippen molar-refractivity contribution in [1.29, 1.82) is 0 Å². The molecule has 54 valence electrons. The monoisotopic (exact) mass is 128 g/mol. The third-order valence-electron chi connectivity index (χ3n) is 1.99. The van der Waals surface area contributed by atoms with Crippen LogP contribution in [0.4, 0.5) is 0 Å². The van der Waals surface area contributed by atoms with Gasteiger partial charge in [-0.15, -0.1) is 0 Å². The second kappa shape index (κ2) is 2.70. The van der Waals surface area contributed by atoms with Gasteiger partial charge >= 0.3 is 0 Å². The third kappa shape index (κ3) is 1.68. The molecule has 1 nitrogen and oxygen atoms in total. The van der Waals surface area contributed by atoms with Gasteiger partial charge in [-0.25, -0.2) is 0 Å². The molecule has 0 bridgehead atoms. The lowest BCUT2D eigenvalue weighted by Gasteiger charge is -2.34. The molecule has 1 fully saturated rings. The standard InChI is InChI=1S/C8H16O/c1-6(2)9-8-5-4-7(8)3/h6-8H,4-5H2,1-3H3. The van der Waals surface area contributed by atoms with E-state index in [1.54, 1.807) is 0 Å². The molecule has 1 aliphatic rings. The molecule has 1 saturated carbocycles. The minimum Gasteiger partial charge on any atom is -0.375 e. The van der Waals surface area contributed by atoms with Crippen LogP contribution < -0.4 is 0 Å². The summed E-state index contributed by atoms with van der Waals surface area (Å²) in [5.74, 6) is 0.812. The van der Waals surface area contributed by atoms with Gasteiger partial charge in [-0.1, -0.05) is 6.92 Å². The average molecular weight is 128 g/mol. The van der Waals surface area contributed by atoms with Gasteiger partial charge in [-0.2, -0.15) is 0 Å². The lowest BCUT2D eigenvalue weighted by Crippen LogP contribution is -2.33. The molecule has 0 amide bonds. The number of ether oxygens (including phenoxy) is 1. The fourth-order valence-electron chi connectivity index (χ4n) is 1.19. The lowest BCUT2D eigenvalue weighted by molar-refractivity contribution is -0.0703. The van der Waals surface area contributed by atoms with Crippen molar-refractivity contribution in [3.8, 4) is 0 Å². The van der Waals surface area contributed by atoms with Crippen LogP contribution in [-0.2, 0) is 4.74 Å². The summed E-state index contributed by atoms with van der Waals surface area (Å²) in [4.78, 5) is 0. The zero-order valence-corrected chi connectivity index (χ0v) is 6.55. The van der Waals surface area contributed by atoms with Crippen molar-refractivity contribution < 1.29 is 4.74 Å². The van der Waals surface area contributed by atoms with Crippen LogP contribution >= 0.6 is 0 Å². The Morgan fingerprint density at radius 3 is 2.11 bits per heavy atom. The maximum atomic E-state index is 5.60. The van der Waals surface area contributed by atoms with Gasteiger partial charge in [0.1, 0.15) is 0 Å². The first kappa shape index (κ1) is 7.07. The van der Waals surface area contributed by atoms with Gasteiger partial charge in [-0.05, 0) is 32.6 Å². The molecule has 0 spiro atoms. The minimum atomic E-state index is 0.415. The highest BCUT2D eigenvalue weighted by molar-refractivity contribution is 4.78. The second-order valence-corrected chi connectivity index (χ2v) is 3.28. The van der Waals surface area contributed by atoms with E-state index in [0.717, 1.165) is 5.92 Å². The van der Waals surface area contributed by atoms with E-state index < -0.39 is 0 Å². The minimum absolute atomic E-state index is 0.415. The fraction of sp³-hybridized carbons (Fsp3) is 1.00. The highest BCUT2D eigenvalue weighted by Crippen LogP contribution is 2.30. The summed E-state index contributed by atoms with van der Waals surface area (Å²) in [5, 5.41) is 0. The fourth-order valence-corrected chi connectivity index (χ4v) is 1.19. The molecule has 2 unspecified atom stereocenters. The summed E-state index contributed by atoms with van der Waals surface area (Å²) in [7, 11) is 0. The van der Waals surface area contributed by atoms with Crippen molar-refractivity contribution in [2.24, 2.45) is 5.92 Å². The van der Waals surface area contributed by atoms with Crippen LogP contribution in [0.2, 0.25) is 0 Å². The lowest BCUT2D eigenvalue weighted by atomic mass is 9.83. The molecular weight excluding hydrogens is 112 g/mol. The van der Waals surface area contributed by atoms with Crippen LogP contribution in [0, 0.1) is 5.92 Å². The molecule has 0 aliphatic heterocycles. The molecule has 9 heavy (non-hydrogen) atoms. The molecule has 1 aliphatic carbocycles. The third-order valence-corrected chi connectivity index (χ3v) is 1.99. The number of rotatable bonds is 2. The first-order valence-corrected chi connectivity index (χ1v) is 3.85. The normalized spacial score (nSPS) is 34.7. The van der Waals surface area contributed by atoms with E-state index in [1.807, 2.05) is 0 Å². The summed E-state index contributed by atoms with van der Waals surface area (Å²) in [6.07, 6.45) is 3.62. The zero-order valence-electron chi connectivity index (χ0n) is 6.55. The molecule has 1 rings (SSSR count). The van der Waals surface area contributed by atoms with Crippen LogP contribution in [0.1, 0.15) is 33.6 Å². The zero-order chi connectivity index (χ0) is 6.85. The van der Waals surface area contributed by atoms with E-state index >= 15 is 0 Å². The van der Waals surface area contributed by atoms with Gasteiger partial charge in [-0.3, -0.25) is 0 Å². The Kier molecular flexibility index (Phi) is 2.12. The SMILES string of the molecule is CC(C)OC1CCC1C. The summed E-state index contributed by atoms with van der Waals surface area (Å²) in [5.41, 5.74) is 0. The molecule has 2 atom stereocenters. The van der Waals surface area contributed by atoms with Gasteiger partial charge < -0.3 is 4.74 Å². The van der Waals surface area contributed by atoms with E-state index in [0.29, 0.717) is 12.2 Å². The van der Waals surface area contributed by atoms with Crippen LogP contribution in [0.5, 0.6) is 0 Å². The van der Waals surface area contributed by atoms with E-state index in [9.17, 15) is 0 Å². The smallest absolute Gasteiger partial charge is 0.0604 e. The Bertz CT molecular complexity index is 88.6. The molecule has 0 aromatic carbocycles. The predicted octanol–water partition coefficient (Wildman–Crippen LogP) is 2.21. The molecular formula is C8H16O. The van der Waals surface area contributed by atoms with Gasteiger partial charge in [0.2, 0.25) is 0 Å². The number of hydrogen-bond acceptors (Lipinski definition) is 1. The molecule has 0 N–H and O–H groups in total. The van der Waals surface area contributed by atoms with Crippen molar-refractivity contribution in [2.75, 3.05) is 0 Å². The van der Waals surface area contributed by atoms with Gasteiger partial charge in [0.15, 0.2) is 0 Å². The topological polar surface area (TPSA) is 9.23 Å². The Hall–Kier alpha value is -0.0400. The highest BCUT2D eigenvalue weighted by Gasteiger charge is 2.27. The maximum Gasteiger partial charge on any atom is 0.0604 e. The summed E-state index contributed by atoms with van der Waals surface area (Å²) < 4.78 is 5.60. The van der Waals surface area contributed by atoms with Crippen molar-refractivity contribution >= 4 is 0 Å². The Morgan fingerprint density at radius 2 is 2.00 bits per heavy atom. The van der Waals surface area contributed by atoms with Crippen molar-refractivity contribution in [3.63, 3.8) is 0 Å². The quantitative estimate of drug-likeness (QED) is 0.554. The Labute approximate surface area is 57.4 Å². The molecule has 0 saturated heterocycles. The average Bonchev–Trinajstić information content (AvgIpc) is 1.79. The van der Waals surface area contributed by atoms with E-state index in [2.05, 4.69) is 20.8 Å². The van der Waals surface area contributed by atoms with Crippen LogP contribution in [-0.4, -0.2) is 12.2 Å². The van der Waals surface area contributed by atoms with Gasteiger partial charge in [0, 0.05) is 0 Å². The summed E-state index contributed by atoms with van der Waals surface area (Å²) >= 11 is 0. The van der Waals surface area contributed by atoms with Crippen LogP contribution in [0.25, 0.3) is 0 Å². The van der Waals surface area contributed by atoms with Crippen LogP contribution in [0.3, 0.4) is 0 Å². The maximum absolute atomic E-state index is 5.60. The van der Waals surface area contributed by atoms with Crippen LogP contribution in [0.15, 0.2) is 0 Å². The van der Waals surface area contributed by atoms with Crippen molar-refractivity contribution in [1.82, 2.24) is 0 Å². The molecule has 1 heteroatoms. The molecule has 0 aromatic rings. The highest BCUT2D eigenvalue weighted by atomic mass is 16.5. The van der Waals surface area contributed by atoms with Gasteiger partial charge in [0.05, 0.1) is 12.2 Å². The van der Waals surface area contributed by atoms with E-state index in [1.165, 1.54) is 12.8 Å².